The van der Waals surface area contributed by atoms with Crippen molar-refractivity contribution in [1.82, 2.24) is 0 Å². The highest BCUT2D eigenvalue weighted by molar-refractivity contribution is 5.78. The molecule has 2 rings (SSSR count). The van der Waals surface area contributed by atoms with Crippen molar-refractivity contribution < 1.29 is 22.7 Å². The van der Waals surface area contributed by atoms with Gasteiger partial charge in [0.2, 0.25) is 0 Å². The summed E-state index contributed by atoms with van der Waals surface area (Å²) in [7, 11) is 0. The number of nitrogen functional groups attached to an aromatic ring is 1. The van der Waals surface area contributed by atoms with Crippen LogP contribution in [-0.4, -0.2) is 5.11 Å². The number of aromatic hydroxyl groups is 1. The Bertz CT molecular complexity index is 605. The van der Waals surface area contributed by atoms with Crippen molar-refractivity contribution in [3.63, 3.8) is 0 Å². The minimum Gasteiger partial charge on any atom is -0.508 e. The van der Waals surface area contributed by atoms with E-state index < -0.39 is 17.6 Å². The van der Waals surface area contributed by atoms with Gasteiger partial charge in [-0.25, -0.2) is 4.39 Å². The number of anilines is 1. The third-order valence-electron chi connectivity index (χ3n) is 2.64. The molecule has 2 aromatic carbocycles. The summed E-state index contributed by atoms with van der Waals surface area (Å²) in [5.74, 6) is -1.49. The molecule has 0 fully saturated rings. The Balaban J connectivity index is 2.66. The molecule has 0 unspecified atom stereocenters. The number of phenolic OH excluding ortho intramolecular Hbond substituents is 1. The van der Waals surface area contributed by atoms with Crippen LogP contribution in [0.3, 0.4) is 0 Å². The van der Waals surface area contributed by atoms with Crippen LogP contribution in [0.1, 0.15) is 5.56 Å². The van der Waals surface area contributed by atoms with Crippen LogP contribution in [0.25, 0.3) is 11.1 Å². The van der Waals surface area contributed by atoms with Crippen molar-refractivity contribution in [2.75, 3.05) is 5.73 Å². The van der Waals surface area contributed by atoms with Gasteiger partial charge in [-0.15, -0.1) is 0 Å². The lowest BCUT2D eigenvalue weighted by atomic mass is 9.99. The van der Waals surface area contributed by atoms with Crippen molar-refractivity contribution in [2.45, 2.75) is 6.18 Å². The number of rotatable bonds is 1. The molecular formula is C13H9F4NO. The number of phenols is 1. The van der Waals surface area contributed by atoms with Crippen LogP contribution in [0.4, 0.5) is 23.2 Å². The van der Waals surface area contributed by atoms with Crippen molar-refractivity contribution in [3.8, 4) is 16.9 Å². The second-order valence-corrected chi connectivity index (χ2v) is 3.94. The summed E-state index contributed by atoms with van der Waals surface area (Å²) in [4.78, 5) is 0. The molecule has 2 nitrogen and oxygen atoms in total. The molecule has 0 saturated heterocycles. The van der Waals surface area contributed by atoms with Gasteiger partial charge in [-0.2, -0.15) is 13.2 Å². The molecule has 3 N–H and O–H groups in total. The Morgan fingerprint density at radius 1 is 0.947 bits per heavy atom. The summed E-state index contributed by atoms with van der Waals surface area (Å²) in [6.45, 7) is 0. The van der Waals surface area contributed by atoms with Crippen LogP contribution >= 0.6 is 0 Å². The summed E-state index contributed by atoms with van der Waals surface area (Å²) >= 11 is 0. The highest BCUT2D eigenvalue weighted by atomic mass is 19.4. The van der Waals surface area contributed by atoms with Gasteiger partial charge >= 0.3 is 6.18 Å². The number of hydrogen-bond donors (Lipinski definition) is 2. The summed E-state index contributed by atoms with van der Waals surface area (Å²) in [6.07, 6.45) is -4.79. The molecule has 0 amide bonds. The predicted molar refractivity (Wildman–Crippen MR) is 62.9 cm³/mol. The third kappa shape index (κ3) is 2.47. The van der Waals surface area contributed by atoms with E-state index in [1.54, 1.807) is 0 Å². The predicted octanol–water partition coefficient (Wildman–Crippen LogP) is 3.80. The minimum atomic E-state index is -4.79. The largest absolute Gasteiger partial charge is 0.508 e. The van der Waals surface area contributed by atoms with E-state index in [0.717, 1.165) is 6.07 Å². The standard InChI is InChI=1S/C13H9F4NO/c14-12-9(13(15,16)17)5-6-10(18)11(12)7-1-3-8(19)4-2-7/h1-6,19H,18H2. The highest BCUT2D eigenvalue weighted by Crippen LogP contribution is 2.38. The maximum absolute atomic E-state index is 14.0. The Morgan fingerprint density at radius 3 is 2.05 bits per heavy atom. The van der Waals surface area contributed by atoms with Crippen LogP contribution in [0.2, 0.25) is 0 Å². The Kier molecular flexibility index (Phi) is 3.09. The van der Waals surface area contributed by atoms with Crippen molar-refractivity contribution in [3.05, 3.63) is 47.8 Å². The van der Waals surface area contributed by atoms with E-state index in [4.69, 9.17) is 10.8 Å². The average molecular weight is 271 g/mol. The zero-order chi connectivity index (χ0) is 14.2. The maximum atomic E-state index is 14.0. The van der Waals surface area contributed by atoms with E-state index in [0.29, 0.717) is 6.07 Å². The van der Waals surface area contributed by atoms with E-state index in [-0.39, 0.29) is 22.6 Å². The first-order valence-electron chi connectivity index (χ1n) is 5.25. The molecule has 0 aliphatic rings. The minimum absolute atomic E-state index is 0.0743. The normalized spacial score (nSPS) is 11.6. The number of benzene rings is 2. The molecular weight excluding hydrogens is 262 g/mol. The zero-order valence-corrected chi connectivity index (χ0v) is 9.50. The van der Waals surface area contributed by atoms with Gasteiger partial charge in [-0.3, -0.25) is 0 Å². The molecule has 0 heterocycles. The highest BCUT2D eigenvalue weighted by Gasteiger charge is 2.35. The van der Waals surface area contributed by atoms with Crippen molar-refractivity contribution in [1.29, 1.82) is 0 Å². The van der Waals surface area contributed by atoms with Crippen LogP contribution in [0, 0.1) is 5.82 Å². The second kappa shape index (κ2) is 4.46. The molecule has 0 aliphatic heterocycles. The SMILES string of the molecule is Nc1ccc(C(F)(F)F)c(F)c1-c1ccc(O)cc1. The summed E-state index contributed by atoms with van der Waals surface area (Å²) in [5, 5.41) is 9.12. The van der Waals surface area contributed by atoms with Gasteiger partial charge < -0.3 is 10.8 Å². The first-order valence-corrected chi connectivity index (χ1v) is 5.25. The average Bonchev–Trinajstić information content (AvgIpc) is 2.29. The zero-order valence-electron chi connectivity index (χ0n) is 9.50. The fourth-order valence-electron chi connectivity index (χ4n) is 1.73. The summed E-state index contributed by atoms with van der Waals surface area (Å²) in [5.41, 5.74) is 3.90. The molecule has 0 saturated carbocycles. The number of nitrogens with two attached hydrogens (primary N) is 1. The van der Waals surface area contributed by atoms with Gasteiger partial charge in [0.05, 0.1) is 5.56 Å². The van der Waals surface area contributed by atoms with E-state index in [1.165, 1.54) is 24.3 Å². The first-order chi connectivity index (χ1) is 8.80. The topological polar surface area (TPSA) is 46.2 Å². The molecule has 0 bridgehead atoms. The number of alkyl halides is 3. The van der Waals surface area contributed by atoms with Crippen LogP contribution in [0.5, 0.6) is 5.75 Å². The van der Waals surface area contributed by atoms with Gasteiger partial charge in [0, 0.05) is 11.3 Å². The summed E-state index contributed by atoms with van der Waals surface area (Å²) in [6, 6.07) is 6.69. The Hall–Kier alpha value is -2.24. The Morgan fingerprint density at radius 2 is 1.53 bits per heavy atom. The molecule has 0 aromatic heterocycles. The quantitative estimate of drug-likeness (QED) is 0.612. The van der Waals surface area contributed by atoms with Gasteiger partial charge in [-0.1, -0.05) is 12.1 Å². The molecule has 100 valence electrons. The molecule has 2 aromatic rings. The van der Waals surface area contributed by atoms with Gasteiger partial charge in [0.1, 0.15) is 11.6 Å². The van der Waals surface area contributed by atoms with E-state index in [2.05, 4.69) is 0 Å². The van der Waals surface area contributed by atoms with Gasteiger partial charge in [-0.05, 0) is 29.8 Å². The third-order valence-corrected chi connectivity index (χ3v) is 2.64. The lowest BCUT2D eigenvalue weighted by Crippen LogP contribution is -2.10. The van der Waals surface area contributed by atoms with Crippen LogP contribution in [0.15, 0.2) is 36.4 Å². The fourth-order valence-corrected chi connectivity index (χ4v) is 1.73. The van der Waals surface area contributed by atoms with E-state index in [1.807, 2.05) is 0 Å². The molecule has 0 atom stereocenters. The van der Waals surface area contributed by atoms with Crippen molar-refractivity contribution >= 4 is 5.69 Å². The summed E-state index contributed by atoms with van der Waals surface area (Å²) < 4.78 is 51.8. The smallest absolute Gasteiger partial charge is 0.419 e. The molecule has 0 aliphatic carbocycles. The van der Waals surface area contributed by atoms with Crippen LogP contribution in [-0.2, 0) is 6.18 Å². The molecule has 19 heavy (non-hydrogen) atoms. The first kappa shape index (κ1) is 13.2. The molecule has 0 spiro atoms. The Labute approximate surface area is 106 Å². The molecule has 6 heteroatoms. The van der Waals surface area contributed by atoms with Crippen LogP contribution < -0.4 is 5.73 Å². The number of halogens is 4. The lowest BCUT2D eigenvalue weighted by Gasteiger charge is -2.13. The van der Waals surface area contributed by atoms with Crippen molar-refractivity contribution in [2.24, 2.45) is 0 Å². The van der Waals surface area contributed by atoms with E-state index >= 15 is 0 Å². The molecule has 0 radical (unpaired) electrons. The van der Waals surface area contributed by atoms with Gasteiger partial charge in [0.25, 0.3) is 0 Å². The second-order valence-electron chi connectivity index (χ2n) is 3.94. The maximum Gasteiger partial charge on any atom is 0.419 e. The fraction of sp³-hybridized carbons (Fsp3) is 0.0769. The van der Waals surface area contributed by atoms with E-state index in [9.17, 15) is 17.6 Å². The van der Waals surface area contributed by atoms with Gasteiger partial charge in [0.15, 0.2) is 0 Å². The lowest BCUT2D eigenvalue weighted by molar-refractivity contribution is -0.139. The number of hydrogen-bond acceptors (Lipinski definition) is 2. The monoisotopic (exact) mass is 271 g/mol.